The van der Waals surface area contributed by atoms with Gasteiger partial charge in [-0.2, -0.15) is 0 Å². The predicted molar refractivity (Wildman–Crippen MR) is 43.2 cm³/mol. The van der Waals surface area contributed by atoms with Crippen LogP contribution in [0.25, 0.3) is 0 Å². The van der Waals surface area contributed by atoms with Crippen molar-refractivity contribution < 1.29 is 4.57 Å². The molecular formula is C8H9OP. The van der Waals surface area contributed by atoms with Gasteiger partial charge in [0.2, 0.25) is 0 Å². The molecule has 0 bridgehead atoms. The van der Waals surface area contributed by atoms with E-state index in [1.54, 1.807) is 0 Å². The topological polar surface area (TPSA) is 17.1 Å². The zero-order chi connectivity index (χ0) is 7.56. The van der Waals surface area contributed by atoms with Crippen LogP contribution < -0.4 is 5.30 Å². The molecule has 0 atom stereocenters. The van der Waals surface area contributed by atoms with Gasteiger partial charge in [0.25, 0.3) is 0 Å². The van der Waals surface area contributed by atoms with Gasteiger partial charge < -0.3 is 0 Å². The van der Waals surface area contributed by atoms with Crippen LogP contribution in [0.3, 0.4) is 0 Å². The van der Waals surface area contributed by atoms with Gasteiger partial charge in [-0.05, 0) is 37.1 Å². The zero-order valence-electron chi connectivity index (χ0n) is 6.09. The van der Waals surface area contributed by atoms with Crippen molar-refractivity contribution in [2.24, 2.45) is 0 Å². The van der Waals surface area contributed by atoms with Crippen LogP contribution in [0.15, 0.2) is 18.2 Å². The van der Waals surface area contributed by atoms with Crippen LogP contribution in [0, 0.1) is 13.8 Å². The molecule has 0 spiro atoms. The van der Waals surface area contributed by atoms with E-state index < -0.39 is 0 Å². The van der Waals surface area contributed by atoms with E-state index in [9.17, 15) is 4.57 Å². The number of rotatable bonds is 1. The molecule has 10 heavy (non-hydrogen) atoms. The molecule has 0 amide bonds. The Kier molecular flexibility index (Phi) is 2.18. The summed E-state index contributed by atoms with van der Waals surface area (Å²) in [5.41, 5.74) is 2.33. The predicted octanol–water partition coefficient (Wildman–Crippen LogP) is 2.22. The summed E-state index contributed by atoms with van der Waals surface area (Å²) >= 11 is 0. The highest BCUT2D eigenvalue weighted by atomic mass is 31.1. The van der Waals surface area contributed by atoms with Gasteiger partial charge in [0.1, 0.15) is 0 Å². The molecule has 0 saturated heterocycles. The molecule has 1 rings (SSSR count). The van der Waals surface area contributed by atoms with Crippen molar-refractivity contribution in [3.05, 3.63) is 29.3 Å². The first-order valence-corrected chi connectivity index (χ1v) is 3.95. The lowest BCUT2D eigenvalue weighted by Gasteiger charge is -1.95. The third-order valence-corrected chi connectivity index (χ3v) is 1.78. The second-order valence-electron chi connectivity index (χ2n) is 2.44. The van der Waals surface area contributed by atoms with Gasteiger partial charge in [-0.25, -0.2) is 0 Å². The first kappa shape index (κ1) is 7.43. The van der Waals surface area contributed by atoms with Crippen LogP contribution in [-0.2, 0) is 4.57 Å². The fourth-order valence-electron chi connectivity index (χ4n) is 1.00. The molecule has 0 aliphatic carbocycles. The highest BCUT2D eigenvalue weighted by molar-refractivity contribution is 7.34. The zero-order valence-corrected chi connectivity index (χ0v) is 6.98. The van der Waals surface area contributed by atoms with E-state index in [4.69, 9.17) is 0 Å². The smallest absolute Gasteiger partial charge is 0.192 e. The van der Waals surface area contributed by atoms with E-state index >= 15 is 0 Å². The maximum absolute atomic E-state index is 10.4. The lowest BCUT2D eigenvalue weighted by Crippen LogP contribution is -1.92. The minimum atomic E-state index is 0.110. The Balaban J connectivity index is 3.18. The van der Waals surface area contributed by atoms with E-state index in [0.717, 1.165) is 5.30 Å². The average molecular weight is 152 g/mol. The number of benzene rings is 1. The van der Waals surface area contributed by atoms with Gasteiger partial charge in [-0.15, -0.1) is 0 Å². The third-order valence-electron chi connectivity index (χ3n) is 1.31. The highest BCUT2D eigenvalue weighted by Crippen LogP contribution is 2.04. The Bertz CT molecular complexity index is 235. The van der Waals surface area contributed by atoms with Gasteiger partial charge >= 0.3 is 0 Å². The minimum absolute atomic E-state index is 0.110. The summed E-state index contributed by atoms with van der Waals surface area (Å²) in [6.07, 6.45) is 0. The minimum Gasteiger partial charge on any atom is -0.269 e. The standard InChI is InChI=1S/C8H9OP/c1-6-3-7(2)5-8(4-6)10-9/h3-5H,1-2H3. The SMILES string of the molecule is Cc1cc(C)cc(P=O)c1. The van der Waals surface area contributed by atoms with Crippen molar-refractivity contribution in [2.75, 3.05) is 0 Å². The number of hydrogen-bond acceptors (Lipinski definition) is 1. The van der Waals surface area contributed by atoms with E-state index in [0.29, 0.717) is 0 Å². The molecule has 0 aliphatic rings. The largest absolute Gasteiger partial charge is 0.269 e. The lowest BCUT2D eigenvalue weighted by molar-refractivity contribution is 0.603. The molecule has 0 unspecified atom stereocenters. The van der Waals surface area contributed by atoms with Crippen molar-refractivity contribution in [3.8, 4) is 0 Å². The van der Waals surface area contributed by atoms with Gasteiger partial charge in [-0.3, -0.25) is 4.57 Å². The molecule has 0 radical (unpaired) electrons. The molecule has 1 aromatic rings. The van der Waals surface area contributed by atoms with Crippen LogP contribution in [0.5, 0.6) is 0 Å². The summed E-state index contributed by atoms with van der Waals surface area (Å²) in [5.74, 6) is 0. The Morgan fingerprint density at radius 1 is 1.10 bits per heavy atom. The molecular weight excluding hydrogens is 143 g/mol. The summed E-state index contributed by atoms with van der Waals surface area (Å²) in [5, 5.41) is 0.859. The number of hydrogen-bond donors (Lipinski definition) is 0. The van der Waals surface area contributed by atoms with E-state index in [2.05, 4.69) is 6.07 Å². The maximum atomic E-state index is 10.4. The molecule has 2 heteroatoms. The van der Waals surface area contributed by atoms with Crippen LogP contribution in [0.4, 0.5) is 0 Å². The molecule has 0 N–H and O–H groups in total. The van der Waals surface area contributed by atoms with Gasteiger partial charge in [0, 0.05) is 5.30 Å². The summed E-state index contributed by atoms with van der Waals surface area (Å²) in [7, 11) is 0.110. The molecule has 0 heterocycles. The van der Waals surface area contributed by atoms with E-state index in [1.165, 1.54) is 11.1 Å². The highest BCUT2D eigenvalue weighted by Gasteiger charge is 1.92. The van der Waals surface area contributed by atoms with Crippen LogP contribution in [0.1, 0.15) is 11.1 Å². The summed E-state index contributed by atoms with van der Waals surface area (Å²) in [6.45, 7) is 4.00. The molecule has 0 aromatic heterocycles. The van der Waals surface area contributed by atoms with Gasteiger partial charge in [-0.1, -0.05) is 6.07 Å². The molecule has 52 valence electrons. The lowest BCUT2D eigenvalue weighted by atomic mass is 10.2. The Morgan fingerprint density at radius 3 is 2.00 bits per heavy atom. The fourth-order valence-corrected chi connectivity index (χ4v) is 1.52. The first-order chi connectivity index (χ1) is 4.72. The summed E-state index contributed by atoms with van der Waals surface area (Å²) < 4.78 is 10.4. The van der Waals surface area contributed by atoms with Crippen molar-refractivity contribution >= 4 is 13.8 Å². The average Bonchev–Trinajstić information content (AvgIpc) is 1.85. The van der Waals surface area contributed by atoms with Crippen LogP contribution >= 0.6 is 8.46 Å². The quantitative estimate of drug-likeness (QED) is 0.564. The Morgan fingerprint density at radius 2 is 1.60 bits per heavy atom. The second kappa shape index (κ2) is 2.94. The molecule has 0 aliphatic heterocycles. The Hall–Kier alpha value is -0.680. The third kappa shape index (κ3) is 1.65. The number of aryl methyl sites for hydroxylation is 2. The summed E-state index contributed by atoms with van der Waals surface area (Å²) in [4.78, 5) is 0. The van der Waals surface area contributed by atoms with E-state index in [1.807, 2.05) is 26.0 Å². The van der Waals surface area contributed by atoms with Crippen molar-refractivity contribution in [3.63, 3.8) is 0 Å². The monoisotopic (exact) mass is 152 g/mol. The van der Waals surface area contributed by atoms with Crippen molar-refractivity contribution in [2.45, 2.75) is 13.8 Å². The normalized spacial score (nSPS) is 10.2. The second-order valence-corrected chi connectivity index (χ2v) is 3.14. The van der Waals surface area contributed by atoms with E-state index in [-0.39, 0.29) is 8.46 Å². The van der Waals surface area contributed by atoms with Gasteiger partial charge in [0.05, 0.1) is 0 Å². The Labute approximate surface area is 62.3 Å². The van der Waals surface area contributed by atoms with Crippen LogP contribution in [0.2, 0.25) is 0 Å². The maximum Gasteiger partial charge on any atom is 0.192 e. The molecule has 1 nitrogen and oxygen atoms in total. The van der Waals surface area contributed by atoms with Crippen molar-refractivity contribution in [1.29, 1.82) is 0 Å². The van der Waals surface area contributed by atoms with Crippen molar-refractivity contribution in [1.82, 2.24) is 0 Å². The molecule has 1 aromatic carbocycles. The fraction of sp³-hybridized carbons (Fsp3) is 0.250. The van der Waals surface area contributed by atoms with Gasteiger partial charge in [0.15, 0.2) is 8.46 Å². The summed E-state index contributed by atoms with van der Waals surface area (Å²) in [6, 6.07) is 5.90. The first-order valence-electron chi connectivity index (χ1n) is 3.14. The molecule has 0 fully saturated rings. The van der Waals surface area contributed by atoms with Crippen LogP contribution in [-0.4, -0.2) is 0 Å². The molecule has 0 saturated carbocycles.